The number of H-pyrrole nitrogens is 1. The van der Waals surface area contributed by atoms with Gasteiger partial charge >= 0.3 is 0 Å². The minimum Gasteiger partial charge on any atom is -0.350 e. The highest BCUT2D eigenvalue weighted by Crippen LogP contribution is 2.24. The van der Waals surface area contributed by atoms with Crippen LogP contribution in [0, 0.1) is 0 Å². The molecule has 1 aromatic heterocycles. The van der Waals surface area contributed by atoms with Gasteiger partial charge in [-0.15, -0.1) is 0 Å². The summed E-state index contributed by atoms with van der Waals surface area (Å²) in [6.45, 7) is 3.48. The van der Waals surface area contributed by atoms with Crippen LogP contribution in [0.4, 0.5) is 0 Å². The van der Waals surface area contributed by atoms with Crippen LogP contribution < -0.4 is 0 Å². The number of nitrogens with one attached hydrogen (secondary N) is 1. The quantitative estimate of drug-likeness (QED) is 0.875. The van der Waals surface area contributed by atoms with Crippen LogP contribution in [0.1, 0.15) is 10.5 Å². The number of fused-ring (bicyclic) bond motifs is 1. The largest absolute Gasteiger partial charge is 0.350 e. The third-order valence-electron chi connectivity index (χ3n) is 3.63. The van der Waals surface area contributed by atoms with Crippen molar-refractivity contribution in [2.24, 2.45) is 0 Å². The lowest BCUT2D eigenvalue weighted by Crippen LogP contribution is -2.47. The molecule has 2 aromatic rings. The number of nitrogens with zero attached hydrogens (tertiary/aromatic N) is 2. The highest BCUT2D eigenvalue weighted by molar-refractivity contribution is 9.10. The molecule has 0 atom stereocenters. The highest BCUT2D eigenvalue weighted by Gasteiger charge is 2.21. The van der Waals surface area contributed by atoms with Crippen LogP contribution in [0.3, 0.4) is 0 Å². The Labute approximate surface area is 120 Å². The third-order valence-corrected chi connectivity index (χ3v) is 4.29. The Morgan fingerprint density at radius 1 is 1.26 bits per heavy atom. The number of aromatic amines is 1. The predicted molar refractivity (Wildman–Crippen MR) is 79.4 cm³/mol. The highest BCUT2D eigenvalue weighted by atomic mass is 79.9. The zero-order valence-electron chi connectivity index (χ0n) is 10.8. The molecule has 1 amide bonds. The maximum absolute atomic E-state index is 12.4. The smallest absolute Gasteiger partial charge is 0.270 e. The van der Waals surface area contributed by atoms with Crippen LogP contribution in [-0.4, -0.2) is 53.9 Å². The Bertz CT molecular complexity index is 614. The van der Waals surface area contributed by atoms with Crippen LogP contribution in [-0.2, 0) is 0 Å². The summed E-state index contributed by atoms with van der Waals surface area (Å²) < 4.78 is 0.988. The third kappa shape index (κ3) is 2.40. The molecule has 4 nitrogen and oxygen atoms in total. The first kappa shape index (κ1) is 12.7. The standard InChI is InChI=1S/C14H16BrN3O/c1-17-5-7-18(8-6-17)14(19)12-9-10-3-2-4-11(15)13(10)16-12/h2-4,9,16H,5-8H2,1H3. The number of amides is 1. The number of halogens is 1. The molecule has 0 radical (unpaired) electrons. The lowest BCUT2D eigenvalue weighted by atomic mass is 10.2. The van der Waals surface area contributed by atoms with Crippen LogP contribution in [0.2, 0.25) is 0 Å². The lowest BCUT2D eigenvalue weighted by molar-refractivity contribution is 0.0659. The second-order valence-corrected chi connectivity index (χ2v) is 5.84. The molecule has 0 spiro atoms. The summed E-state index contributed by atoms with van der Waals surface area (Å²) >= 11 is 3.50. The van der Waals surface area contributed by atoms with Crippen molar-refractivity contribution in [3.8, 4) is 0 Å². The van der Waals surface area contributed by atoms with Crippen molar-refractivity contribution in [1.82, 2.24) is 14.8 Å². The predicted octanol–water partition coefficient (Wildman–Crippen LogP) is 2.32. The molecular weight excluding hydrogens is 306 g/mol. The molecule has 1 N–H and O–H groups in total. The van der Waals surface area contributed by atoms with E-state index in [1.807, 2.05) is 29.2 Å². The van der Waals surface area contributed by atoms with Crippen molar-refractivity contribution in [3.63, 3.8) is 0 Å². The van der Waals surface area contributed by atoms with E-state index in [2.05, 4.69) is 32.9 Å². The Morgan fingerprint density at radius 3 is 2.68 bits per heavy atom. The molecule has 0 saturated carbocycles. The number of carbonyl (C=O) groups excluding carboxylic acids is 1. The molecule has 0 aliphatic carbocycles. The van der Waals surface area contributed by atoms with E-state index in [-0.39, 0.29) is 5.91 Å². The van der Waals surface area contributed by atoms with Gasteiger partial charge in [0, 0.05) is 36.0 Å². The summed E-state index contributed by atoms with van der Waals surface area (Å²) in [4.78, 5) is 19.8. The molecular formula is C14H16BrN3O. The summed E-state index contributed by atoms with van der Waals surface area (Å²) in [6.07, 6.45) is 0. The zero-order valence-corrected chi connectivity index (χ0v) is 12.4. The van der Waals surface area contributed by atoms with Gasteiger partial charge < -0.3 is 14.8 Å². The fourth-order valence-corrected chi connectivity index (χ4v) is 2.89. The molecule has 3 rings (SSSR count). The van der Waals surface area contributed by atoms with Gasteiger partial charge in [-0.05, 0) is 35.1 Å². The van der Waals surface area contributed by atoms with Gasteiger partial charge in [0.2, 0.25) is 0 Å². The van der Waals surface area contributed by atoms with E-state index in [9.17, 15) is 4.79 Å². The second-order valence-electron chi connectivity index (χ2n) is 4.98. The Balaban J connectivity index is 1.87. The van der Waals surface area contributed by atoms with E-state index in [0.717, 1.165) is 41.6 Å². The first-order valence-corrected chi connectivity index (χ1v) is 7.19. The maximum atomic E-state index is 12.4. The van der Waals surface area contributed by atoms with E-state index < -0.39 is 0 Å². The van der Waals surface area contributed by atoms with Crippen LogP contribution >= 0.6 is 15.9 Å². The molecule has 1 aliphatic rings. The van der Waals surface area contributed by atoms with Gasteiger partial charge in [0.05, 0.1) is 5.52 Å². The SMILES string of the molecule is CN1CCN(C(=O)c2cc3cccc(Br)c3[nH]2)CC1. The van der Waals surface area contributed by atoms with Gasteiger partial charge in [-0.25, -0.2) is 0 Å². The van der Waals surface area contributed by atoms with Gasteiger partial charge in [-0.3, -0.25) is 4.79 Å². The number of rotatable bonds is 1. The van der Waals surface area contributed by atoms with E-state index in [4.69, 9.17) is 0 Å². The molecule has 100 valence electrons. The fourth-order valence-electron chi connectivity index (χ4n) is 2.41. The minimum atomic E-state index is 0.0937. The van der Waals surface area contributed by atoms with Crippen LogP contribution in [0.5, 0.6) is 0 Å². The Kier molecular flexibility index (Phi) is 3.33. The van der Waals surface area contributed by atoms with E-state index in [0.29, 0.717) is 5.69 Å². The second kappa shape index (κ2) is 4.98. The molecule has 5 heteroatoms. The summed E-state index contributed by atoms with van der Waals surface area (Å²) in [5, 5.41) is 1.06. The summed E-state index contributed by atoms with van der Waals surface area (Å²) in [6, 6.07) is 7.89. The van der Waals surface area contributed by atoms with E-state index in [1.54, 1.807) is 0 Å². The first-order valence-electron chi connectivity index (χ1n) is 6.40. The van der Waals surface area contributed by atoms with Crippen molar-refractivity contribution >= 4 is 32.7 Å². The molecule has 19 heavy (non-hydrogen) atoms. The maximum Gasteiger partial charge on any atom is 0.270 e. The van der Waals surface area contributed by atoms with E-state index >= 15 is 0 Å². The summed E-state index contributed by atoms with van der Waals surface area (Å²) in [5.41, 5.74) is 1.66. The van der Waals surface area contributed by atoms with Crippen molar-refractivity contribution < 1.29 is 4.79 Å². The Hall–Kier alpha value is -1.33. The molecule has 1 aromatic carbocycles. The number of para-hydroxylation sites is 1. The van der Waals surface area contributed by atoms with Crippen molar-refractivity contribution in [1.29, 1.82) is 0 Å². The number of likely N-dealkylation sites (N-methyl/N-ethyl adjacent to an activating group) is 1. The number of hydrogen-bond donors (Lipinski definition) is 1. The Morgan fingerprint density at radius 2 is 2.00 bits per heavy atom. The van der Waals surface area contributed by atoms with Crippen molar-refractivity contribution in [3.05, 3.63) is 34.4 Å². The zero-order chi connectivity index (χ0) is 13.4. The van der Waals surface area contributed by atoms with Gasteiger partial charge in [0.25, 0.3) is 5.91 Å². The molecule has 1 saturated heterocycles. The van der Waals surface area contributed by atoms with Crippen LogP contribution in [0.25, 0.3) is 10.9 Å². The van der Waals surface area contributed by atoms with Crippen molar-refractivity contribution in [2.45, 2.75) is 0 Å². The normalized spacial score (nSPS) is 17.1. The minimum absolute atomic E-state index is 0.0937. The molecule has 0 unspecified atom stereocenters. The molecule has 0 bridgehead atoms. The number of piperazine rings is 1. The average Bonchev–Trinajstić information content (AvgIpc) is 2.84. The number of aromatic nitrogens is 1. The molecule has 2 heterocycles. The monoisotopic (exact) mass is 321 g/mol. The van der Waals surface area contributed by atoms with Gasteiger partial charge in [0.1, 0.15) is 5.69 Å². The summed E-state index contributed by atoms with van der Waals surface area (Å²) in [5.74, 6) is 0.0937. The van der Waals surface area contributed by atoms with Gasteiger partial charge in [-0.1, -0.05) is 12.1 Å². The van der Waals surface area contributed by atoms with Crippen molar-refractivity contribution in [2.75, 3.05) is 33.2 Å². The fraction of sp³-hybridized carbons (Fsp3) is 0.357. The number of benzene rings is 1. The average molecular weight is 322 g/mol. The molecule has 1 aliphatic heterocycles. The first-order chi connectivity index (χ1) is 9.15. The summed E-state index contributed by atoms with van der Waals surface area (Å²) in [7, 11) is 2.09. The number of hydrogen-bond acceptors (Lipinski definition) is 2. The van der Waals surface area contributed by atoms with Gasteiger partial charge in [0.15, 0.2) is 0 Å². The topological polar surface area (TPSA) is 39.3 Å². The lowest BCUT2D eigenvalue weighted by Gasteiger charge is -2.32. The van der Waals surface area contributed by atoms with Gasteiger partial charge in [-0.2, -0.15) is 0 Å². The van der Waals surface area contributed by atoms with Crippen LogP contribution in [0.15, 0.2) is 28.7 Å². The van der Waals surface area contributed by atoms with E-state index in [1.165, 1.54) is 0 Å². The molecule has 1 fully saturated rings. The number of carbonyl (C=O) groups is 1.